The Morgan fingerprint density at radius 2 is 1.65 bits per heavy atom. The van der Waals surface area contributed by atoms with Crippen molar-refractivity contribution < 1.29 is 14.3 Å². The van der Waals surface area contributed by atoms with Gasteiger partial charge in [0.25, 0.3) is 5.91 Å². The maximum atomic E-state index is 12.5. The summed E-state index contributed by atoms with van der Waals surface area (Å²) in [4.78, 5) is 14.2. The number of rotatable bonds is 9. The van der Waals surface area contributed by atoms with Crippen LogP contribution >= 0.6 is 0 Å². The van der Waals surface area contributed by atoms with Gasteiger partial charge in [-0.3, -0.25) is 4.79 Å². The monoisotopic (exact) mass is 355 g/mol. The predicted octanol–water partition coefficient (Wildman–Crippen LogP) is 4.64. The third kappa shape index (κ3) is 5.25. The number of carbonyl (C=O) groups is 1. The summed E-state index contributed by atoms with van der Waals surface area (Å²) in [5.41, 5.74) is 2.14. The van der Waals surface area contributed by atoms with Gasteiger partial charge in [-0.15, -0.1) is 0 Å². The Balaban J connectivity index is 1.98. The molecule has 0 bridgehead atoms. The second kappa shape index (κ2) is 9.85. The van der Waals surface area contributed by atoms with E-state index in [-0.39, 0.29) is 12.5 Å². The van der Waals surface area contributed by atoms with Crippen molar-refractivity contribution in [2.45, 2.75) is 39.7 Å². The highest BCUT2D eigenvalue weighted by Gasteiger charge is 2.15. The van der Waals surface area contributed by atoms with Crippen LogP contribution in [0.2, 0.25) is 0 Å². The van der Waals surface area contributed by atoms with Gasteiger partial charge in [-0.05, 0) is 37.0 Å². The zero-order valence-electron chi connectivity index (χ0n) is 16.2. The SMILES string of the molecule is CCOc1ccccc1CN(C)C(=O)COc1ccccc1C(C)CC. The van der Waals surface area contributed by atoms with E-state index in [9.17, 15) is 4.79 Å². The topological polar surface area (TPSA) is 38.8 Å². The van der Waals surface area contributed by atoms with Gasteiger partial charge in [-0.2, -0.15) is 0 Å². The Bertz CT molecular complexity index is 714. The molecule has 0 aliphatic carbocycles. The van der Waals surface area contributed by atoms with E-state index in [0.29, 0.717) is 19.1 Å². The van der Waals surface area contributed by atoms with Gasteiger partial charge < -0.3 is 14.4 Å². The normalized spacial score (nSPS) is 11.7. The lowest BCUT2D eigenvalue weighted by Crippen LogP contribution is -2.31. The largest absolute Gasteiger partial charge is 0.494 e. The summed E-state index contributed by atoms with van der Waals surface area (Å²) in [6, 6.07) is 15.7. The maximum Gasteiger partial charge on any atom is 0.260 e. The van der Waals surface area contributed by atoms with E-state index in [1.165, 1.54) is 0 Å². The van der Waals surface area contributed by atoms with Gasteiger partial charge in [0.15, 0.2) is 6.61 Å². The Labute approximate surface area is 156 Å². The molecule has 0 spiro atoms. The molecule has 0 N–H and O–H groups in total. The van der Waals surface area contributed by atoms with Crippen molar-refractivity contribution in [3.8, 4) is 11.5 Å². The lowest BCUT2D eigenvalue weighted by atomic mass is 9.98. The van der Waals surface area contributed by atoms with Gasteiger partial charge in [0.1, 0.15) is 11.5 Å². The first-order valence-corrected chi connectivity index (χ1v) is 9.23. The van der Waals surface area contributed by atoms with E-state index in [1.54, 1.807) is 11.9 Å². The minimum absolute atomic E-state index is 0.0285. The fraction of sp³-hybridized carbons (Fsp3) is 0.409. The van der Waals surface area contributed by atoms with Crippen LogP contribution in [0.3, 0.4) is 0 Å². The van der Waals surface area contributed by atoms with Crippen molar-refractivity contribution in [2.75, 3.05) is 20.3 Å². The highest BCUT2D eigenvalue weighted by atomic mass is 16.5. The van der Waals surface area contributed by atoms with Crippen LogP contribution in [-0.2, 0) is 11.3 Å². The number of ether oxygens (including phenoxy) is 2. The zero-order valence-corrected chi connectivity index (χ0v) is 16.2. The second-order valence-electron chi connectivity index (χ2n) is 6.43. The molecule has 4 nitrogen and oxygen atoms in total. The smallest absolute Gasteiger partial charge is 0.260 e. The average Bonchev–Trinajstić information content (AvgIpc) is 2.67. The minimum atomic E-state index is -0.0599. The first-order chi connectivity index (χ1) is 12.6. The summed E-state index contributed by atoms with van der Waals surface area (Å²) >= 11 is 0. The maximum absolute atomic E-state index is 12.5. The molecule has 1 atom stereocenters. The Hall–Kier alpha value is -2.49. The van der Waals surface area contributed by atoms with Gasteiger partial charge in [-0.1, -0.05) is 50.2 Å². The second-order valence-corrected chi connectivity index (χ2v) is 6.43. The number of hydrogen-bond donors (Lipinski definition) is 0. The van der Waals surface area contributed by atoms with E-state index in [0.717, 1.165) is 29.0 Å². The molecule has 1 amide bonds. The number of carbonyl (C=O) groups excluding carboxylic acids is 1. The van der Waals surface area contributed by atoms with E-state index in [2.05, 4.69) is 19.9 Å². The van der Waals surface area contributed by atoms with Gasteiger partial charge >= 0.3 is 0 Å². The Kier molecular flexibility index (Phi) is 7.52. The van der Waals surface area contributed by atoms with E-state index >= 15 is 0 Å². The van der Waals surface area contributed by atoms with Gasteiger partial charge in [-0.25, -0.2) is 0 Å². The fourth-order valence-electron chi connectivity index (χ4n) is 2.76. The first kappa shape index (κ1) is 19.8. The van der Waals surface area contributed by atoms with Crippen molar-refractivity contribution in [2.24, 2.45) is 0 Å². The number of benzene rings is 2. The average molecular weight is 355 g/mol. The fourth-order valence-corrected chi connectivity index (χ4v) is 2.76. The number of nitrogens with zero attached hydrogens (tertiary/aromatic N) is 1. The van der Waals surface area contributed by atoms with Crippen LogP contribution in [0.1, 0.15) is 44.2 Å². The van der Waals surface area contributed by atoms with Crippen LogP contribution in [0.25, 0.3) is 0 Å². The standard InChI is InChI=1S/C22H29NO3/c1-5-17(3)19-12-8-10-14-21(19)26-16-22(24)23(4)15-18-11-7-9-13-20(18)25-6-2/h7-14,17H,5-6,15-16H2,1-4H3. The van der Waals surface area contributed by atoms with Gasteiger partial charge in [0.2, 0.25) is 0 Å². The minimum Gasteiger partial charge on any atom is -0.494 e. The number of hydrogen-bond acceptors (Lipinski definition) is 3. The molecule has 0 saturated carbocycles. The van der Waals surface area contributed by atoms with Crippen LogP contribution in [0, 0.1) is 0 Å². The summed E-state index contributed by atoms with van der Waals surface area (Å²) in [5, 5.41) is 0. The van der Waals surface area contributed by atoms with Crippen LogP contribution in [0.15, 0.2) is 48.5 Å². The molecule has 4 heteroatoms. The van der Waals surface area contributed by atoms with Crippen molar-refractivity contribution >= 4 is 5.91 Å². The van der Waals surface area contributed by atoms with E-state index in [1.807, 2.05) is 49.4 Å². The summed E-state index contributed by atoms with van der Waals surface area (Å²) in [7, 11) is 1.79. The number of amides is 1. The molecule has 140 valence electrons. The lowest BCUT2D eigenvalue weighted by Gasteiger charge is -2.20. The van der Waals surface area contributed by atoms with Crippen molar-refractivity contribution in [3.63, 3.8) is 0 Å². The molecule has 0 saturated heterocycles. The molecular formula is C22H29NO3. The molecule has 0 aliphatic heterocycles. The Morgan fingerprint density at radius 1 is 1.00 bits per heavy atom. The molecular weight excluding hydrogens is 326 g/mol. The molecule has 0 radical (unpaired) electrons. The summed E-state index contributed by atoms with van der Waals surface area (Å²) in [5.74, 6) is 1.95. The quantitative estimate of drug-likeness (QED) is 0.658. The van der Waals surface area contributed by atoms with Gasteiger partial charge in [0, 0.05) is 19.2 Å². The van der Waals surface area contributed by atoms with Gasteiger partial charge in [0.05, 0.1) is 6.61 Å². The predicted molar refractivity (Wildman–Crippen MR) is 105 cm³/mol. The first-order valence-electron chi connectivity index (χ1n) is 9.23. The van der Waals surface area contributed by atoms with Crippen molar-refractivity contribution in [3.05, 3.63) is 59.7 Å². The summed E-state index contributed by atoms with van der Waals surface area (Å²) < 4.78 is 11.5. The molecule has 1 unspecified atom stereocenters. The highest BCUT2D eigenvalue weighted by Crippen LogP contribution is 2.28. The van der Waals surface area contributed by atoms with E-state index in [4.69, 9.17) is 9.47 Å². The molecule has 0 fully saturated rings. The molecule has 0 heterocycles. The molecule has 26 heavy (non-hydrogen) atoms. The van der Waals surface area contributed by atoms with Crippen molar-refractivity contribution in [1.29, 1.82) is 0 Å². The highest BCUT2D eigenvalue weighted by molar-refractivity contribution is 5.77. The molecule has 2 aromatic carbocycles. The number of likely N-dealkylation sites (N-methyl/N-ethyl adjacent to an activating group) is 1. The third-order valence-corrected chi connectivity index (χ3v) is 4.52. The van der Waals surface area contributed by atoms with Crippen molar-refractivity contribution in [1.82, 2.24) is 4.90 Å². The summed E-state index contributed by atoms with van der Waals surface area (Å²) in [6.07, 6.45) is 1.03. The van der Waals surface area contributed by atoms with Crippen LogP contribution in [0.4, 0.5) is 0 Å². The summed E-state index contributed by atoms with van der Waals surface area (Å²) in [6.45, 7) is 7.39. The zero-order chi connectivity index (χ0) is 18.9. The molecule has 2 aromatic rings. The Morgan fingerprint density at radius 3 is 2.35 bits per heavy atom. The number of para-hydroxylation sites is 2. The van der Waals surface area contributed by atoms with Crippen LogP contribution in [0.5, 0.6) is 11.5 Å². The van der Waals surface area contributed by atoms with Crippen LogP contribution in [-0.4, -0.2) is 31.1 Å². The molecule has 0 aromatic heterocycles. The van der Waals surface area contributed by atoms with E-state index < -0.39 is 0 Å². The lowest BCUT2D eigenvalue weighted by molar-refractivity contribution is -0.132. The molecule has 0 aliphatic rings. The van der Waals surface area contributed by atoms with Crippen LogP contribution < -0.4 is 9.47 Å². The third-order valence-electron chi connectivity index (χ3n) is 4.52. The molecule has 2 rings (SSSR count).